The normalized spacial score (nSPS) is 10.9. The molecule has 0 aliphatic heterocycles. The molecule has 76 valence electrons. The Morgan fingerprint density at radius 2 is 1.36 bits per heavy atom. The fourth-order valence-corrected chi connectivity index (χ4v) is 0.591. The molecule has 0 saturated carbocycles. The van der Waals surface area contributed by atoms with Crippen LogP contribution < -0.4 is 5.73 Å². The molecule has 0 spiro atoms. The van der Waals surface area contributed by atoms with Gasteiger partial charge >= 0.3 is 0 Å². The van der Waals surface area contributed by atoms with Crippen molar-refractivity contribution in [1.29, 1.82) is 0 Å². The third kappa shape index (κ3) is 3.95. The third-order valence-electron chi connectivity index (χ3n) is 2.12. The van der Waals surface area contributed by atoms with Crippen LogP contribution in [0.5, 0.6) is 0 Å². The number of allylic oxidation sites excluding steroid dienone is 3. The van der Waals surface area contributed by atoms with Gasteiger partial charge in [-0.2, -0.15) is 0 Å². The third-order valence-corrected chi connectivity index (χ3v) is 2.12. The van der Waals surface area contributed by atoms with Crippen molar-refractivity contribution < 1.29 is 4.79 Å². The Labute approximate surface area is 85.9 Å². The molecule has 0 unspecified atom stereocenters. The van der Waals surface area contributed by atoms with Gasteiger partial charge < -0.3 is 5.73 Å². The average molecular weight is 191 g/mol. The highest BCUT2D eigenvalue weighted by Gasteiger charge is 1.99. The Morgan fingerprint density at radius 1 is 0.929 bits per heavy atom. The summed E-state index contributed by atoms with van der Waals surface area (Å²) in [5.41, 5.74) is 8.60. The molecule has 1 amide bonds. The zero-order valence-electron chi connectivity index (χ0n) is 9.49. The smallest absolute Gasteiger partial charge is 0.245 e. The molecule has 0 saturated heterocycles. The molecule has 0 aliphatic carbocycles. The number of nitrogens with two attached hydrogens (primary N) is 1. The van der Waals surface area contributed by atoms with Crippen LogP contribution in [0.15, 0.2) is 22.3 Å². The van der Waals surface area contributed by atoms with Gasteiger partial charge in [0.05, 0.1) is 0 Å². The summed E-state index contributed by atoms with van der Waals surface area (Å²) < 4.78 is 0. The van der Waals surface area contributed by atoms with E-state index in [1.807, 2.05) is 20.8 Å². The van der Waals surface area contributed by atoms with Gasteiger partial charge in [-0.25, -0.2) is 0 Å². The van der Waals surface area contributed by atoms with E-state index in [0.29, 0.717) is 5.57 Å². The maximum Gasteiger partial charge on any atom is 0.245 e. The van der Waals surface area contributed by atoms with Gasteiger partial charge in [-0.05, 0) is 40.2 Å². The number of rotatable bonds is 1. The molecule has 0 fully saturated rings. The van der Waals surface area contributed by atoms with Crippen molar-refractivity contribution in [2.24, 2.45) is 5.73 Å². The second kappa shape index (κ2) is 5.29. The van der Waals surface area contributed by atoms with Gasteiger partial charge in [0.2, 0.25) is 5.91 Å². The van der Waals surface area contributed by atoms with Gasteiger partial charge in [0.15, 0.2) is 0 Å². The first-order valence-electron chi connectivity index (χ1n) is 4.49. The monoisotopic (exact) mass is 191 g/mol. The molecule has 14 heavy (non-hydrogen) atoms. The number of hydrogen-bond acceptors (Lipinski definition) is 1. The van der Waals surface area contributed by atoms with Crippen molar-refractivity contribution in [2.75, 3.05) is 0 Å². The first kappa shape index (κ1) is 12.5. The second-order valence-corrected chi connectivity index (χ2v) is 3.49. The van der Waals surface area contributed by atoms with Crippen LogP contribution in [0.2, 0.25) is 0 Å². The van der Waals surface area contributed by atoms with Gasteiger partial charge in [-0.15, -0.1) is 0 Å². The van der Waals surface area contributed by atoms with Crippen LogP contribution in [0.1, 0.15) is 34.6 Å². The molecule has 0 aromatic heterocycles. The topological polar surface area (TPSA) is 43.1 Å². The molecule has 2 nitrogen and oxygen atoms in total. The van der Waals surface area contributed by atoms with E-state index in [9.17, 15) is 4.79 Å². The molecule has 2 heteroatoms. The zero-order valence-corrected chi connectivity index (χ0v) is 9.49. The first-order valence-corrected chi connectivity index (χ1v) is 4.49. The van der Waals surface area contributed by atoms with E-state index in [1.165, 1.54) is 5.57 Å². The van der Waals surface area contributed by atoms with Crippen molar-refractivity contribution in [2.45, 2.75) is 34.6 Å². The molecular formula is C12H17NO. The fraction of sp³-hybridized carbons (Fsp3) is 0.417. The molecule has 0 aromatic carbocycles. The minimum atomic E-state index is -0.411. The van der Waals surface area contributed by atoms with E-state index in [4.69, 9.17) is 5.73 Å². The largest absolute Gasteiger partial charge is 0.366 e. The summed E-state index contributed by atoms with van der Waals surface area (Å²) in [5.74, 6) is 5.49. The lowest BCUT2D eigenvalue weighted by atomic mass is 10.1. The van der Waals surface area contributed by atoms with Gasteiger partial charge in [-0.3, -0.25) is 4.79 Å². The molecule has 0 atom stereocenters. The van der Waals surface area contributed by atoms with E-state index in [-0.39, 0.29) is 0 Å². The molecule has 0 aromatic rings. The molecule has 0 radical (unpaired) electrons. The summed E-state index contributed by atoms with van der Waals surface area (Å²) in [6.45, 7) is 9.44. The highest BCUT2D eigenvalue weighted by Crippen LogP contribution is 2.03. The fourth-order valence-electron chi connectivity index (χ4n) is 0.591. The summed E-state index contributed by atoms with van der Waals surface area (Å²) in [6, 6.07) is 0. The lowest BCUT2D eigenvalue weighted by molar-refractivity contribution is -0.114. The van der Waals surface area contributed by atoms with Crippen LogP contribution in [-0.2, 0) is 4.79 Å². The molecule has 0 bridgehead atoms. The quantitative estimate of drug-likeness (QED) is 0.501. The van der Waals surface area contributed by atoms with Crippen LogP contribution in [-0.4, -0.2) is 5.91 Å². The summed E-state index contributed by atoms with van der Waals surface area (Å²) in [4.78, 5) is 10.8. The van der Waals surface area contributed by atoms with Crippen molar-refractivity contribution in [3.8, 4) is 11.8 Å². The van der Waals surface area contributed by atoms with Gasteiger partial charge in [0.25, 0.3) is 0 Å². The predicted molar refractivity (Wildman–Crippen MR) is 59.4 cm³/mol. The summed E-state index contributed by atoms with van der Waals surface area (Å²) in [5, 5.41) is 0. The number of primary amides is 1. The van der Waals surface area contributed by atoms with E-state index >= 15 is 0 Å². The minimum Gasteiger partial charge on any atom is -0.366 e. The molecule has 0 heterocycles. The SMILES string of the molecule is CC(C)=C(C)C#C/C(C)=C(\C)C(N)=O. The molecular weight excluding hydrogens is 174 g/mol. The number of hydrogen-bond donors (Lipinski definition) is 1. The van der Waals surface area contributed by atoms with Crippen molar-refractivity contribution >= 4 is 5.91 Å². The summed E-state index contributed by atoms with van der Waals surface area (Å²) in [6.07, 6.45) is 0. The van der Waals surface area contributed by atoms with Gasteiger partial charge in [0.1, 0.15) is 0 Å². The van der Waals surface area contributed by atoms with Crippen LogP contribution >= 0.6 is 0 Å². The highest BCUT2D eigenvalue weighted by molar-refractivity contribution is 5.92. The second-order valence-electron chi connectivity index (χ2n) is 3.49. The average Bonchev–Trinajstić information content (AvgIpc) is 2.11. The molecule has 0 rings (SSSR count). The standard InChI is InChI=1S/C12H17NO/c1-8(2)9(3)6-7-10(4)11(5)12(13)14/h1-5H3,(H2,13,14)/b11-10+. The van der Waals surface area contributed by atoms with Crippen molar-refractivity contribution in [3.05, 3.63) is 22.3 Å². The Balaban J connectivity index is 4.96. The zero-order chi connectivity index (χ0) is 11.3. The molecule has 0 aliphatic rings. The Kier molecular flexibility index (Phi) is 4.72. The van der Waals surface area contributed by atoms with E-state index in [0.717, 1.165) is 11.1 Å². The Morgan fingerprint density at radius 3 is 1.71 bits per heavy atom. The summed E-state index contributed by atoms with van der Waals surface area (Å²) >= 11 is 0. The van der Waals surface area contributed by atoms with Gasteiger partial charge in [-0.1, -0.05) is 17.4 Å². The predicted octanol–water partition coefficient (Wildman–Crippen LogP) is 2.17. The van der Waals surface area contributed by atoms with E-state index in [1.54, 1.807) is 13.8 Å². The minimum absolute atomic E-state index is 0.411. The molecule has 2 N–H and O–H groups in total. The van der Waals surface area contributed by atoms with Crippen LogP contribution in [0.4, 0.5) is 0 Å². The Hall–Kier alpha value is -1.49. The number of carbonyl (C=O) groups is 1. The first-order chi connectivity index (χ1) is 6.36. The van der Waals surface area contributed by atoms with Crippen LogP contribution in [0, 0.1) is 11.8 Å². The van der Waals surface area contributed by atoms with E-state index < -0.39 is 5.91 Å². The highest BCUT2D eigenvalue weighted by atomic mass is 16.1. The van der Waals surface area contributed by atoms with Crippen molar-refractivity contribution in [3.63, 3.8) is 0 Å². The van der Waals surface area contributed by atoms with Crippen LogP contribution in [0.25, 0.3) is 0 Å². The van der Waals surface area contributed by atoms with Gasteiger partial charge in [0, 0.05) is 11.1 Å². The maximum atomic E-state index is 10.8. The summed E-state index contributed by atoms with van der Waals surface area (Å²) in [7, 11) is 0. The van der Waals surface area contributed by atoms with Crippen molar-refractivity contribution in [1.82, 2.24) is 0 Å². The van der Waals surface area contributed by atoms with Crippen LogP contribution in [0.3, 0.4) is 0 Å². The lowest BCUT2D eigenvalue weighted by Crippen LogP contribution is -2.12. The number of amides is 1. The number of carbonyl (C=O) groups excluding carboxylic acids is 1. The van der Waals surface area contributed by atoms with E-state index in [2.05, 4.69) is 11.8 Å². The Bertz CT molecular complexity index is 358. The lowest BCUT2D eigenvalue weighted by Gasteiger charge is -1.96. The maximum absolute atomic E-state index is 10.8.